The van der Waals surface area contributed by atoms with Crippen LogP contribution in [0.3, 0.4) is 0 Å². The molecule has 2 rings (SSSR count). The lowest BCUT2D eigenvalue weighted by Crippen LogP contribution is -2.33. The van der Waals surface area contributed by atoms with Gasteiger partial charge in [-0.3, -0.25) is 0 Å². The fourth-order valence-corrected chi connectivity index (χ4v) is 3.15. The van der Waals surface area contributed by atoms with Crippen molar-refractivity contribution in [2.45, 2.75) is 32.2 Å². The van der Waals surface area contributed by atoms with Crippen LogP contribution >= 0.6 is 15.9 Å². The second-order valence-electron chi connectivity index (χ2n) is 4.90. The Morgan fingerprint density at radius 3 is 3.05 bits per heavy atom. The number of halogens is 1. The number of hydrogen-bond donors (Lipinski definition) is 1. The molecule has 106 valence electrons. The zero-order chi connectivity index (χ0) is 13.7. The highest BCUT2D eigenvalue weighted by Crippen LogP contribution is 2.33. The topological polar surface area (TPSA) is 30.5 Å². The summed E-state index contributed by atoms with van der Waals surface area (Å²) in [6.07, 6.45) is 3.10. The number of likely N-dealkylation sites (N-methyl/N-ethyl adjacent to an activating group) is 1. The van der Waals surface area contributed by atoms with Crippen molar-refractivity contribution in [1.82, 2.24) is 5.32 Å². The third-order valence-corrected chi connectivity index (χ3v) is 3.91. The van der Waals surface area contributed by atoms with Gasteiger partial charge in [0.2, 0.25) is 0 Å². The molecule has 4 heteroatoms. The van der Waals surface area contributed by atoms with Crippen LogP contribution in [-0.2, 0) is 17.6 Å². The summed E-state index contributed by atoms with van der Waals surface area (Å²) in [6, 6.07) is 4.76. The van der Waals surface area contributed by atoms with E-state index in [0.29, 0.717) is 6.04 Å². The molecule has 1 aromatic carbocycles. The Kier molecular flexibility index (Phi) is 5.67. The summed E-state index contributed by atoms with van der Waals surface area (Å²) in [5.74, 6) is 1.11. The molecule has 0 spiro atoms. The van der Waals surface area contributed by atoms with Crippen molar-refractivity contribution in [3.8, 4) is 5.75 Å². The molecule has 1 atom stereocenters. The highest BCUT2D eigenvalue weighted by Gasteiger charge is 2.18. The molecular formula is C15H22BrNO2. The molecule has 0 amide bonds. The van der Waals surface area contributed by atoms with Crippen LogP contribution in [0.2, 0.25) is 0 Å². The molecule has 19 heavy (non-hydrogen) atoms. The van der Waals surface area contributed by atoms with Gasteiger partial charge in [0, 0.05) is 24.0 Å². The monoisotopic (exact) mass is 327 g/mol. The minimum absolute atomic E-state index is 0.408. The van der Waals surface area contributed by atoms with Crippen LogP contribution in [0.5, 0.6) is 5.75 Å². The molecule has 3 nitrogen and oxygen atoms in total. The number of nitrogens with one attached hydrogen (secondary N) is 1. The number of rotatable bonds is 7. The van der Waals surface area contributed by atoms with Gasteiger partial charge in [-0.2, -0.15) is 0 Å². The molecule has 0 saturated carbocycles. The van der Waals surface area contributed by atoms with Gasteiger partial charge in [-0.15, -0.1) is 0 Å². The molecule has 1 aliphatic rings. The van der Waals surface area contributed by atoms with Crippen LogP contribution in [0.15, 0.2) is 16.6 Å². The van der Waals surface area contributed by atoms with E-state index >= 15 is 0 Å². The fraction of sp³-hybridized carbons (Fsp3) is 0.600. The van der Waals surface area contributed by atoms with Crippen molar-refractivity contribution in [2.24, 2.45) is 0 Å². The molecule has 1 aromatic rings. The molecule has 1 heterocycles. The minimum atomic E-state index is 0.408. The minimum Gasteiger partial charge on any atom is -0.493 e. The molecule has 0 aliphatic carbocycles. The van der Waals surface area contributed by atoms with Gasteiger partial charge in [-0.05, 0) is 42.6 Å². The van der Waals surface area contributed by atoms with E-state index < -0.39 is 0 Å². The third-order valence-electron chi connectivity index (χ3n) is 3.45. The average Bonchev–Trinajstić information content (AvgIpc) is 2.84. The summed E-state index contributed by atoms with van der Waals surface area (Å²) in [5, 5.41) is 3.46. The van der Waals surface area contributed by atoms with E-state index in [9.17, 15) is 0 Å². The van der Waals surface area contributed by atoms with E-state index in [-0.39, 0.29) is 0 Å². The van der Waals surface area contributed by atoms with Gasteiger partial charge in [-0.25, -0.2) is 0 Å². The van der Waals surface area contributed by atoms with Gasteiger partial charge >= 0.3 is 0 Å². The molecule has 1 aliphatic heterocycles. The van der Waals surface area contributed by atoms with Gasteiger partial charge in [-0.1, -0.05) is 22.9 Å². The molecule has 0 aromatic heterocycles. The lowest BCUT2D eigenvalue weighted by atomic mass is 10.0. The number of benzene rings is 1. The van der Waals surface area contributed by atoms with Crippen molar-refractivity contribution in [3.05, 3.63) is 27.7 Å². The normalized spacial score (nSPS) is 15.1. The number of methoxy groups -OCH3 is 1. The Balaban J connectivity index is 2.02. The van der Waals surface area contributed by atoms with E-state index in [2.05, 4.69) is 40.3 Å². The summed E-state index contributed by atoms with van der Waals surface area (Å²) < 4.78 is 12.2. The molecular weight excluding hydrogens is 306 g/mol. The molecule has 0 bridgehead atoms. The quantitative estimate of drug-likeness (QED) is 0.835. The molecule has 1 N–H and O–H groups in total. The highest BCUT2D eigenvalue weighted by atomic mass is 79.9. The van der Waals surface area contributed by atoms with E-state index in [0.717, 1.165) is 49.2 Å². The predicted molar refractivity (Wildman–Crippen MR) is 81.0 cm³/mol. The van der Waals surface area contributed by atoms with Crippen LogP contribution < -0.4 is 10.1 Å². The van der Waals surface area contributed by atoms with Crippen molar-refractivity contribution in [1.29, 1.82) is 0 Å². The number of ether oxygens (including phenoxy) is 2. The third kappa shape index (κ3) is 3.94. The van der Waals surface area contributed by atoms with E-state index in [1.165, 1.54) is 11.1 Å². The van der Waals surface area contributed by atoms with Crippen molar-refractivity contribution in [3.63, 3.8) is 0 Å². The highest BCUT2D eigenvalue weighted by molar-refractivity contribution is 9.10. The zero-order valence-electron chi connectivity index (χ0n) is 11.7. The largest absolute Gasteiger partial charge is 0.493 e. The van der Waals surface area contributed by atoms with Crippen LogP contribution in [0.25, 0.3) is 0 Å². The SMILES string of the molecule is CCNC(CCc1cc(Br)cc2c1OCC2)COC. The van der Waals surface area contributed by atoms with Crippen LogP contribution in [-0.4, -0.2) is 32.9 Å². The first-order chi connectivity index (χ1) is 9.24. The maximum Gasteiger partial charge on any atom is 0.125 e. The summed E-state index contributed by atoms with van der Waals surface area (Å²) in [4.78, 5) is 0. The van der Waals surface area contributed by atoms with Crippen LogP contribution in [0.1, 0.15) is 24.5 Å². The summed E-state index contributed by atoms with van der Waals surface area (Å²) >= 11 is 3.59. The second kappa shape index (κ2) is 7.27. The molecule has 0 radical (unpaired) electrons. The molecule has 0 saturated heterocycles. The first-order valence-electron chi connectivity index (χ1n) is 6.91. The summed E-state index contributed by atoms with van der Waals surface area (Å²) in [5.41, 5.74) is 2.64. The first kappa shape index (κ1) is 14.8. The summed E-state index contributed by atoms with van der Waals surface area (Å²) in [7, 11) is 1.75. The molecule has 1 unspecified atom stereocenters. The first-order valence-corrected chi connectivity index (χ1v) is 7.70. The average molecular weight is 328 g/mol. The Bertz CT molecular complexity index is 417. The van der Waals surface area contributed by atoms with Crippen molar-refractivity contribution in [2.75, 3.05) is 26.9 Å². The number of aryl methyl sites for hydroxylation is 1. The Labute approximate surface area is 123 Å². The van der Waals surface area contributed by atoms with Crippen LogP contribution in [0, 0.1) is 0 Å². The van der Waals surface area contributed by atoms with Crippen molar-refractivity contribution < 1.29 is 9.47 Å². The second-order valence-corrected chi connectivity index (χ2v) is 5.82. The van der Waals surface area contributed by atoms with Gasteiger partial charge in [0.15, 0.2) is 0 Å². The van der Waals surface area contributed by atoms with Gasteiger partial charge in [0.05, 0.1) is 13.2 Å². The van der Waals surface area contributed by atoms with E-state index in [4.69, 9.17) is 9.47 Å². The zero-order valence-corrected chi connectivity index (χ0v) is 13.3. The standard InChI is InChI=1S/C15H22BrNO2/c1-3-17-14(10-18-2)5-4-11-8-13(16)9-12-6-7-19-15(11)12/h8-9,14,17H,3-7,10H2,1-2H3. The fourth-order valence-electron chi connectivity index (χ4n) is 2.60. The van der Waals surface area contributed by atoms with Gasteiger partial charge < -0.3 is 14.8 Å². The Hall–Kier alpha value is -0.580. The van der Waals surface area contributed by atoms with E-state index in [1.54, 1.807) is 7.11 Å². The lowest BCUT2D eigenvalue weighted by Gasteiger charge is -2.17. The summed E-state index contributed by atoms with van der Waals surface area (Å²) in [6.45, 7) is 4.67. The number of hydrogen-bond acceptors (Lipinski definition) is 3. The van der Waals surface area contributed by atoms with Gasteiger partial charge in [0.1, 0.15) is 5.75 Å². The predicted octanol–water partition coefficient (Wildman–Crippen LogP) is 2.94. The Morgan fingerprint density at radius 1 is 1.47 bits per heavy atom. The van der Waals surface area contributed by atoms with Crippen LogP contribution in [0.4, 0.5) is 0 Å². The number of fused-ring (bicyclic) bond motifs is 1. The van der Waals surface area contributed by atoms with Gasteiger partial charge in [0.25, 0.3) is 0 Å². The smallest absolute Gasteiger partial charge is 0.125 e. The van der Waals surface area contributed by atoms with E-state index in [1.807, 2.05) is 0 Å². The maximum absolute atomic E-state index is 5.76. The molecule has 0 fully saturated rings. The Morgan fingerprint density at radius 2 is 2.32 bits per heavy atom. The maximum atomic E-state index is 5.76. The van der Waals surface area contributed by atoms with Crippen molar-refractivity contribution >= 4 is 15.9 Å². The lowest BCUT2D eigenvalue weighted by molar-refractivity contribution is 0.163.